The van der Waals surface area contributed by atoms with Crippen LogP contribution in [0.2, 0.25) is 0 Å². The molecule has 2 rings (SSSR count). The number of carbonyl (C=O) groups excluding carboxylic acids is 2. The van der Waals surface area contributed by atoms with Crippen LogP contribution in [0.15, 0.2) is 21.1 Å². The van der Waals surface area contributed by atoms with Gasteiger partial charge in [-0.1, -0.05) is 32.5 Å². The Kier molecular flexibility index (Phi) is 8.06. The SMILES string of the molecule is CCC(C)(C)c1cnc(CSC2=CNC(NC(=O)CCCC(=O)NO)S2)o1. The molecule has 0 radical (unpaired) electrons. The van der Waals surface area contributed by atoms with Crippen LogP contribution in [0.1, 0.15) is 58.1 Å². The molecular weight excluding hydrogens is 388 g/mol. The van der Waals surface area contributed by atoms with Crippen molar-refractivity contribution in [1.29, 1.82) is 0 Å². The number of aromatic nitrogens is 1. The summed E-state index contributed by atoms with van der Waals surface area (Å²) in [4.78, 5) is 27.1. The van der Waals surface area contributed by atoms with E-state index in [4.69, 9.17) is 9.62 Å². The number of hydrogen-bond donors (Lipinski definition) is 4. The summed E-state index contributed by atoms with van der Waals surface area (Å²) in [5.74, 6) is 1.56. The highest BCUT2D eigenvalue weighted by Gasteiger charge is 2.24. The number of carbonyl (C=O) groups is 2. The summed E-state index contributed by atoms with van der Waals surface area (Å²) in [6.07, 6.45) is 5.35. The predicted octanol–water partition coefficient (Wildman–Crippen LogP) is 2.81. The first-order valence-corrected chi connectivity index (χ1v) is 10.6. The first-order valence-electron chi connectivity index (χ1n) is 8.77. The first kappa shape index (κ1) is 21.6. The lowest BCUT2D eigenvalue weighted by molar-refractivity contribution is -0.129. The molecule has 0 spiro atoms. The van der Waals surface area contributed by atoms with E-state index < -0.39 is 5.91 Å². The molecule has 0 fully saturated rings. The number of hydroxylamine groups is 1. The second-order valence-electron chi connectivity index (χ2n) is 6.73. The highest BCUT2D eigenvalue weighted by molar-refractivity contribution is 8.22. The van der Waals surface area contributed by atoms with Gasteiger partial charge in [-0.05, 0) is 12.8 Å². The van der Waals surface area contributed by atoms with Gasteiger partial charge in [-0.25, -0.2) is 10.5 Å². The van der Waals surface area contributed by atoms with Gasteiger partial charge >= 0.3 is 0 Å². The molecule has 1 aliphatic rings. The number of thioether (sulfide) groups is 2. The quantitative estimate of drug-likeness (QED) is 0.341. The van der Waals surface area contributed by atoms with Gasteiger partial charge in [0, 0.05) is 24.5 Å². The third kappa shape index (κ3) is 6.78. The van der Waals surface area contributed by atoms with Crippen LogP contribution in [-0.4, -0.2) is 27.5 Å². The Bertz CT molecular complexity index is 690. The first-order chi connectivity index (χ1) is 12.8. The second kappa shape index (κ2) is 10.0. The van der Waals surface area contributed by atoms with Crippen LogP contribution in [0.25, 0.3) is 0 Å². The summed E-state index contributed by atoms with van der Waals surface area (Å²) < 4.78 is 6.89. The fraction of sp³-hybridized carbons (Fsp3) is 0.588. The van der Waals surface area contributed by atoms with Gasteiger partial charge in [-0.2, -0.15) is 0 Å². The van der Waals surface area contributed by atoms with Crippen molar-refractivity contribution >= 4 is 35.3 Å². The van der Waals surface area contributed by atoms with Crippen molar-refractivity contribution in [1.82, 2.24) is 21.1 Å². The molecule has 2 heterocycles. The van der Waals surface area contributed by atoms with Crippen molar-refractivity contribution in [3.63, 3.8) is 0 Å². The lowest BCUT2D eigenvalue weighted by atomic mass is 9.88. The molecule has 0 aromatic carbocycles. The van der Waals surface area contributed by atoms with Crippen LogP contribution < -0.4 is 16.1 Å². The Morgan fingerprint density at radius 2 is 2.15 bits per heavy atom. The van der Waals surface area contributed by atoms with Gasteiger partial charge in [0.25, 0.3) is 0 Å². The normalized spacial score (nSPS) is 16.6. The summed E-state index contributed by atoms with van der Waals surface area (Å²) >= 11 is 3.11. The molecular formula is C17H26N4O4S2. The van der Waals surface area contributed by atoms with E-state index in [9.17, 15) is 9.59 Å². The molecule has 1 aromatic rings. The number of amides is 2. The van der Waals surface area contributed by atoms with Crippen molar-refractivity contribution in [3.05, 3.63) is 28.3 Å². The number of nitrogens with one attached hydrogen (secondary N) is 3. The lowest BCUT2D eigenvalue weighted by Gasteiger charge is -2.18. The van der Waals surface area contributed by atoms with Crippen molar-refractivity contribution < 1.29 is 19.2 Å². The fourth-order valence-corrected chi connectivity index (χ4v) is 4.14. The van der Waals surface area contributed by atoms with Crippen LogP contribution in [0.3, 0.4) is 0 Å². The van der Waals surface area contributed by atoms with Gasteiger partial charge in [0.2, 0.25) is 17.7 Å². The summed E-state index contributed by atoms with van der Waals surface area (Å²) in [5.41, 5.74) is 1.29. The van der Waals surface area contributed by atoms with Crippen LogP contribution in [0.5, 0.6) is 0 Å². The molecule has 1 atom stereocenters. The molecule has 0 saturated carbocycles. The van der Waals surface area contributed by atoms with Crippen LogP contribution in [-0.2, 0) is 20.8 Å². The van der Waals surface area contributed by atoms with Crippen LogP contribution in [0, 0.1) is 0 Å². The Balaban J connectivity index is 1.69. The molecule has 2 amide bonds. The zero-order valence-corrected chi connectivity index (χ0v) is 17.3. The van der Waals surface area contributed by atoms with Gasteiger partial charge in [0.05, 0.1) is 16.2 Å². The molecule has 1 aliphatic heterocycles. The zero-order chi connectivity index (χ0) is 19.9. The Labute approximate surface area is 167 Å². The van der Waals surface area contributed by atoms with E-state index in [1.165, 1.54) is 11.8 Å². The van der Waals surface area contributed by atoms with Crippen molar-refractivity contribution in [3.8, 4) is 0 Å². The molecule has 150 valence electrons. The van der Waals surface area contributed by atoms with Crippen molar-refractivity contribution in [2.24, 2.45) is 0 Å². The average molecular weight is 415 g/mol. The maximum atomic E-state index is 11.9. The van der Waals surface area contributed by atoms with Crippen LogP contribution >= 0.6 is 23.5 Å². The molecule has 1 unspecified atom stereocenters. The summed E-state index contributed by atoms with van der Waals surface area (Å²) in [5, 5.41) is 14.4. The van der Waals surface area contributed by atoms with Crippen LogP contribution in [0.4, 0.5) is 0 Å². The maximum absolute atomic E-state index is 11.9. The average Bonchev–Trinajstić information content (AvgIpc) is 3.29. The predicted molar refractivity (Wildman–Crippen MR) is 106 cm³/mol. The molecule has 0 bridgehead atoms. The maximum Gasteiger partial charge on any atom is 0.243 e. The number of oxazole rings is 1. The monoisotopic (exact) mass is 414 g/mol. The fourth-order valence-electron chi connectivity index (χ4n) is 2.16. The second-order valence-corrected chi connectivity index (χ2v) is 9.15. The highest BCUT2D eigenvalue weighted by atomic mass is 32.2. The summed E-state index contributed by atoms with van der Waals surface area (Å²) in [7, 11) is 0. The minimum absolute atomic E-state index is 0.0217. The van der Waals surface area contributed by atoms with Gasteiger partial charge < -0.3 is 15.1 Å². The van der Waals surface area contributed by atoms with E-state index in [-0.39, 0.29) is 29.7 Å². The Morgan fingerprint density at radius 1 is 1.41 bits per heavy atom. The summed E-state index contributed by atoms with van der Waals surface area (Å²) in [6.45, 7) is 6.39. The largest absolute Gasteiger partial charge is 0.444 e. The third-order valence-corrected chi connectivity index (χ3v) is 6.53. The molecule has 1 aromatic heterocycles. The van der Waals surface area contributed by atoms with Crippen molar-refractivity contribution in [2.75, 3.05) is 0 Å². The van der Waals surface area contributed by atoms with Gasteiger partial charge in [-0.3, -0.25) is 14.8 Å². The zero-order valence-electron chi connectivity index (χ0n) is 15.7. The van der Waals surface area contributed by atoms with Gasteiger partial charge in [0.1, 0.15) is 5.76 Å². The number of hydrogen-bond acceptors (Lipinski definition) is 8. The van der Waals surface area contributed by atoms with E-state index in [0.29, 0.717) is 18.1 Å². The Morgan fingerprint density at radius 3 is 2.85 bits per heavy atom. The standard InChI is InChI=1S/C17H26N4O4S2/c1-4-17(2,3)11-8-18-14(25-11)10-26-15-9-19-16(27-15)20-12(22)6-5-7-13(23)21-24/h8-9,16,19,24H,4-7,10H2,1-3H3,(H,20,22)(H,21,23). The molecule has 8 nitrogen and oxygen atoms in total. The summed E-state index contributed by atoms with van der Waals surface area (Å²) in [6, 6.07) is 0. The Hall–Kier alpha value is -1.65. The highest BCUT2D eigenvalue weighted by Crippen LogP contribution is 2.36. The molecule has 0 saturated heterocycles. The third-order valence-electron chi connectivity index (χ3n) is 4.25. The molecule has 27 heavy (non-hydrogen) atoms. The molecule has 0 aliphatic carbocycles. The van der Waals surface area contributed by atoms with Crippen molar-refractivity contribution in [2.45, 2.75) is 63.1 Å². The minimum Gasteiger partial charge on any atom is -0.444 e. The van der Waals surface area contributed by atoms with E-state index >= 15 is 0 Å². The van der Waals surface area contributed by atoms with E-state index in [1.807, 2.05) is 6.20 Å². The smallest absolute Gasteiger partial charge is 0.243 e. The number of rotatable bonds is 10. The minimum atomic E-state index is -0.492. The number of nitrogens with zero attached hydrogens (tertiary/aromatic N) is 1. The molecule has 4 N–H and O–H groups in total. The lowest BCUT2D eigenvalue weighted by Crippen LogP contribution is -2.38. The molecule has 10 heteroatoms. The van der Waals surface area contributed by atoms with E-state index in [2.05, 4.69) is 36.4 Å². The van der Waals surface area contributed by atoms with Gasteiger partial charge in [-0.15, -0.1) is 11.8 Å². The van der Waals surface area contributed by atoms with E-state index in [1.54, 1.807) is 23.4 Å². The topological polar surface area (TPSA) is 116 Å². The van der Waals surface area contributed by atoms with E-state index in [0.717, 1.165) is 16.4 Å². The van der Waals surface area contributed by atoms with Gasteiger partial charge in [0.15, 0.2) is 5.50 Å².